The molecule has 0 aromatic rings. The molecular weight excluding hydrogens is 276 g/mol. The lowest BCUT2D eigenvalue weighted by atomic mass is 9.83. The van der Waals surface area contributed by atoms with Crippen LogP contribution in [-0.2, 0) is 8.85 Å². The van der Waals surface area contributed by atoms with E-state index in [1.54, 1.807) is 0 Å². The van der Waals surface area contributed by atoms with Crippen LogP contribution in [-0.4, -0.2) is 22.8 Å². The summed E-state index contributed by atoms with van der Waals surface area (Å²) in [7, 11) is 1.72. The summed E-state index contributed by atoms with van der Waals surface area (Å²) in [6, 6.07) is 0. The topological polar surface area (TPSA) is 18.5 Å². The molecule has 0 aromatic heterocycles. The van der Waals surface area contributed by atoms with Crippen molar-refractivity contribution in [2.45, 2.75) is 77.3 Å². The maximum Gasteiger partial charge on any atom is 0.344 e. The van der Waals surface area contributed by atoms with Gasteiger partial charge < -0.3 is 8.85 Å². The van der Waals surface area contributed by atoms with E-state index in [1.165, 1.54) is 38.5 Å². The Labute approximate surface area is 133 Å². The third-order valence-electron chi connectivity index (χ3n) is 6.59. The zero-order valence-corrected chi connectivity index (χ0v) is 16.0. The Hall–Kier alpha value is 0.137. The number of hydrogen-bond acceptors (Lipinski definition) is 2. The molecule has 2 rings (SSSR count). The van der Waals surface area contributed by atoms with Gasteiger partial charge in [0.2, 0.25) is 0 Å². The average molecular weight is 313 g/mol. The number of rotatable bonds is 4. The Kier molecular flexibility index (Phi) is 5.95. The minimum absolute atomic E-state index is 0.675. The molecule has 0 radical (unpaired) electrons. The monoisotopic (exact) mass is 312 g/mol. The molecule has 0 spiro atoms. The second kappa shape index (κ2) is 7.14. The molecule has 6 unspecified atom stereocenters. The first-order chi connectivity index (χ1) is 9.94. The molecule has 21 heavy (non-hydrogen) atoms. The molecule has 0 bridgehead atoms. The smallest absolute Gasteiger partial charge is 0.344 e. The van der Waals surface area contributed by atoms with Gasteiger partial charge in [0, 0.05) is 25.3 Å². The Morgan fingerprint density at radius 2 is 1.05 bits per heavy atom. The van der Waals surface area contributed by atoms with Crippen molar-refractivity contribution < 1.29 is 8.85 Å². The summed E-state index contributed by atoms with van der Waals surface area (Å²) in [6.07, 6.45) is 8.09. The van der Waals surface area contributed by atoms with Crippen LogP contribution in [0.25, 0.3) is 0 Å². The predicted molar refractivity (Wildman–Crippen MR) is 91.6 cm³/mol. The molecule has 2 saturated carbocycles. The van der Waals surface area contributed by atoms with Gasteiger partial charge in [-0.2, -0.15) is 0 Å². The van der Waals surface area contributed by atoms with Crippen molar-refractivity contribution in [2.75, 3.05) is 14.2 Å². The SMILES string of the molecule is CO[Si](OC)(C1CC(C)CCC1C)C1CC(C)CCC1C. The minimum Gasteiger partial charge on any atom is -0.397 e. The summed E-state index contributed by atoms with van der Waals surface area (Å²) in [6.45, 7) is 9.70. The standard InChI is InChI=1S/C18H36O2Si/c1-13-7-9-15(3)17(11-13)21(19-5,20-6)18-12-14(2)8-10-16(18)4/h13-18H,7-12H2,1-6H3. The molecule has 2 aliphatic carbocycles. The van der Waals surface area contributed by atoms with Gasteiger partial charge >= 0.3 is 8.56 Å². The second-order valence-electron chi connectivity index (χ2n) is 8.13. The Balaban J connectivity index is 2.29. The molecule has 124 valence electrons. The summed E-state index contributed by atoms with van der Waals surface area (Å²) >= 11 is 0. The van der Waals surface area contributed by atoms with Gasteiger partial charge in [0.15, 0.2) is 0 Å². The fraction of sp³-hybridized carbons (Fsp3) is 1.00. The van der Waals surface area contributed by atoms with Crippen molar-refractivity contribution in [3.8, 4) is 0 Å². The van der Waals surface area contributed by atoms with Gasteiger partial charge in [0.05, 0.1) is 0 Å². The molecule has 6 atom stereocenters. The van der Waals surface area contributed by atoms with E-state index in [0.717, 1.165) is 23.7 Å². The van der Waals surface area contributed by atoms with Crippen LogP contribution in [0.2, 0.25) is 11.1 Å². The van der Waals surface area contributed by atoms with Crippen LogP contribution in [0, 0.1) is 23.7 Å². The maximum absolute atomic E-state index is 6.32. The quantitative estimate of drug-likeness (QED) is 0.649. The maximum atomic E-state index is 6.32. The van der Waals surface area contributed by atoms with E-state index >= 15 is 0 Å². The predicted octanol–water partition coefficient (Wildman–Crippen LogP) is 5.37. The lowest BCUT2D eigenvalue weighted by Gasteiger charge is -2.50. The van der Waals surface area contributed by atoms with Crippen LogP contribution in [0.3, 0.4) is 0 Å². The Morgan fingerprint density at radius 3 is 1.38 bits per heavy atom. The van der Waals surface area contributed by atoms with E-state index in [2.05, 4.69) is 27.7 Å². The summed E-state index contributed by atoms with van der Waals surface area (Å²) in [5, 5.41) is 0. The molecular formula is C18H36O2Si. The molecule has 0 amide bonds. The van der Waals surface area contributed by atoms with Gasteiger partial charge in [-0.15, -0.1) is 0 Å². The largest absolute Gasteiger partial charge is 0.397 e. The van der Waals surface area contributed by atoms with Crippen LogP contribution in [0.15, 0.2) is 0 Å². The van der Waals surface area contributed by atoms with Gasteiger partial charge in [0.25, 0.3) is 0 Å². The van der Waals surface area contributed by atoms with E-state index in [9.17, 15) is 0 Å². The third-order valence-corrected chi connectivity index (χ3v) is 11.5. The normalized spacial score (nSPS) is 42.0. The average Bonchev–Trinajstić information content (AvgIpc) is 2.48. The third kappa shape index (κ3) is 3.40. The van der Waals surface area contributed by atoms with E-state index in [1.807, 2.05) is 14.2 Å². The van der Waals surface area contributed by atoms with Gasteiger partial charge in [0.1, 0.15) is 0 Å². The van der Waals surface area contributed by atoms with Gasteiger partial charge in [-0.3, -0.25) is 0 Å². The van der Waals surface area contributed by atoms with Gasteiger partial charge in [-0.1, -0.05) is 53.4 Å². The molecule has 0 N–H and O–H groups in total. The fourth-order valence-corrected chi connectivity index (χ4v) is 10.5. The van der Waals surface area contributed by atoms with Crippen molar-refractivity contribution in [2.24, 2.45) is 23.7 Å². The van der Waals surface area contributed by atoms with Gasteiger partial charge in [-0.25, -0.2) is 0 Å². The van der Waals surface area contributed by atoms with Crippen molar-refractivity contribution in [1.82, 2.24) is 0 Å². The zero-order valence-electron chi connectivity index (χ0n) is 15.0. The summed E-state index contributed by atoms with van der Waals surface area (Å²) < 4.78 is 12.6. The molecule has 0 aromatic carbocycles. The first kappa shape index (κ1) is 17.5. The van der Waals surface area contributed by atoms with Crippen LogP contribution in [0.5, 0.6) is 0 Å². The van der Waals surface area contributed by atoms with E-state index in [4.69, 9.17) is 8.85 Å². The highest BCUT2D eigenvalue weighted by Gasteiger charge is 2.56. The molecule has 2 aliphatic rings. The second-order valence-corrected chi connectivity index (χ2v) is 11.9. The van der Waals surface area contributed by atoms with Crippen molar-refractivity contribution in [3.63, 3.8) is 0 Å². The molecule has 0 heterocycles. The Bertz CT molecular complexity index is 301. The highest BCUT2D eigenvalue weighted by molar-refractivity contribution is 6.70. The zero-order chi connectivity index (χ0) is 15.6. The first-order valence-corrected chi connectivity index (χ1v) is 11.0. The highest BCUT2D eigenvalue weighted by atomic mass is 28.4. The van der Waals surface area contributed by atoms with Crippen LogP contribution < -0.4 is 0 Å². The van der Waals surface area contributed by atoms with Crippen LogP contribution >= 0.6 is 0 Å². The van der Waals surface area contributed by atoms with Crippen molar-refractivity contribution in [3.05, 3.63) is 0 Å². The van der Waals surface area contributed by atoms with Crippen molar-refractivity contribution in [1.29, 1.82) is 0 Å². The number of hydrogen-bond donors (Lipinski definition) is 0. The van der Waals surface area contributed by atoms with E-state index in [0.29, 0.717) is 11.1 Å². The van der Waals surface area contributed by atoms with E-state index in [-0.39, 0.29) is 0 Å². The molecule has 3 heteroatoms. The Morgan fingerprint density at radius 1 is 0.667 bits per heavy atom. The van der Waals surface area contributed by atoms with Crippen molar-refractivity contribution >= 4 is 8.56 Å². The molecule has 0 saturated heterocycles. The minimum atomic E-state index is -2.15. The lowest BCUT2D eigenvalue weighted by Crippen LogP contribution is -2.55. The van der Waals surface area contributed by atoms with Crippen LogP contribution in [0.1, 0.15) is 66.2 Å². The van der Waals surface area contributed by atoms with E-state index < -0.39 is 8.56 Å². The first-order valence-electron chi connectivity index (χ1n) is 9.04. The van der Waals surface area contributed by atoms with Crippen LogP contribution in [0.4, 0.5) is 0 Å². The summed E-state index contributed by atoms with van der Waals surface area (Å²) in [5.74, 6) is 3.19. The fourth-order valence-electron chi connectivity index (χ4n) is 5.15. The molecule has 2 fully saturated rings. The lowest BCUT2D eigenvalue weighted by molar-refractivity contribution is 0.146. The summed E-state index contributed by atoms with van der Waals surface area (Å²) in [4.78, 5) is 0. The molecule has 2 nitrogen and oxygen atoms in total. The van der Waals surface area contributed by atoms with Gasteiger partial charge in [-0.05, 0) is 36.5 Å². The highest BCUT2D eigenvalue weighted by Crippen LogP contribution is 2.54. The molecule has 0 aliphatic heterocycles. The summed E-state index contributed by atoms with van der Waals surface area (Å²) in [5.41, 5.74) is 1.35.